The maximum absolute atomic E-state index is 4.18. The molecule has 1 fully saturated rings. The summed E-state index contributed by atoms with van der Waals surface area (Å²) >= 11 is 0. The van der Waals surface area contributed by atoms with Gasteiger partial charge in [-0.05, 0) is 24.8 Å². The van der Waals surface area contributed by atoms with E-state index in [0.29, 0.717) is 6.04 Å². The Bertz CT molecular complexity index is 273. The normalized spacial score (nSPS) is 27.2. The van der Waals surface area contributed by atoms with Gasteiger partial charge in [-0.15, -0.1) is 0 Å². The van der Waals surface area contributed by atoms with Gasteiger partial charge in [0, 0.05) is 12.2 Å². The fourth-order valence-electron chi connectivity index (χ4n) is 2.15. The van der Waals surface area contributed by atoms with Crippen LogP contribution in [-0.2, 0) is 0 Å². The van der Waals surface area contributed by atoms with Gasteiger partial charge >= 0.3 is 0 Å². The number of hydrogen-bond acceptors (Lipinski definition) is 3. The molecule has 1 aromatic heterocycles. The first kappa shape index (κ1) is 9.44. The second-order valence-electron chi connectivity index (χ2n) is 4.21. The number of hydrogen-bond donors (Lipinski definition) is 1. The fraction of sp³-hybridized carbons (Fsp3) is 0.636. The van der Waals surface area contributed by atoms with Crippen molar-refractivity contribution in [3.05, 3.63) is 18.6 Å². The smallest absolute Gasteiger partial charge is 0.129 e. The highest BCUT2D eigenvalue weighted by molar-refractivity contribution is 5.33. The van der Waals surface area contributed by atoms with Crippen LogP contribution in [0.1, 0.15) is 32.6 Å². The van der Waals surface area contributed by atoms with Gasteiger partial charge in [0.2, 0.25) is 0 Å². The molecule has 1 aliphatic rings. The van der Waals surface area contributed by atoms with Crippen LogP contribution in [0.15, 0.2) is 18.6 Å². The van der Waals surface area contributed by atoms with Gasteiger partial charge in [-0.3, -0.25) is 0 Å². The van der Waals surface area contributed by atoms with E-state index in [-0.39, 0.29) is 0 Å². The van der Waals surface area contributed by atoms with E-state index in [9.17, 15) is 0 Å². The lowest BCUT2D eigenvalue weighted by Gasteiger charge is -2.27. The molecule has 0 aliphatic heterocycles. The van der Waals surface area contributed by atoms with Crippen LogP contribution in [0, 0.1) is 5.92 Å². The third-order valence-corrected chi connectivity index (χ3v) is 2.87. The van der Waals surface area contributed by atoms with Gasteiger partial charge in [-0.1, -0.05) is 19.8 Å². The van der Waals surface area contributed by atoms with Crippen LogP contribution in [0.2, 0.25) is 0 Å². The number of nitrogens with one attached hydrogen (secondary N) is 1. The molecule has 76 valence electrons. The molecule has 0 saturated heterocycles. The Balaban J connectivity index is 1.91. The lowest BCUT2D eigenvalue weighted by atomic mass is 9.87. The van der Waals surface area contributed by atoms with Gasteiger partial charge in [0.15, 0.2) is 0 Å². The molecule has 0 radical (unpaired) electrons. The zero-order valence-corrected chi connectivity index (χ0v) is 8.61. The van der Waals surface area contributed by atoms with Gasteiger partial charge in [-0.2, -0.15) is 0 Å². The van der Waals surface area contributed by atoms with Crippen molar-refractivity contribution in [3.63, 3.8) is 0 Å². The van der Waals surface area contributed by atoms with Crippen molar-refractivity contribution in [1.82, 2.24) is 9.97 Å². The summed E-state index contributed by atoms with van der Waals surface area (Å²) in [5.74, 6) is 1.81. The molecular weight excluding hydrogens is 174 g/mol. The number of anilines is 1. The van der Waals surface area contributed by atoms with Crippen LogP contribution in [0.5, 0.6) is 0 Å². The molecule has 0 bridgehead atoms. The van der Waals surface area contributed by atoms with Crippen molar-refractivity contribution in [2.24, 2.45) is 5.92 Å². The van der Waals surface area contributed by atoms with Gasteiger partial charge in [0.25, 0.3) is 0 Å². The first-order chi connectivity index (χ1) is 6.84. The monoisotopic (exact) mass is 191 g/mol. The zero-order valence-electron chi connectivity index (χ0n) is 8.61. The van der Waals surface area contributed by atoms with E-state index in [4.69, 9.17) is 0 Å². The Morgan fingerprint density at radius 2 is 2.36 bits per heavy atom. The van der Waals surface area contributed by atoms with E-state index in [0.717, 1.165) is 11.7 Å². The third-order valence-electron chi connectivity index (χ3n) is 2.87. The second-order valence-corrected chi connectivity index (χ2v) is 4.21. The van der Waals surface area contributed by atoms with Gasteiger partial charge in [0.1, 0.15) is 12.1 Å². The Kier molecular flexibility index (Phi) is 2.96. The molecule has 1 aliphatic carbocycles. The van der Waals surface area contributed by atoms with Crippen molar-refractivity contribution in [1.29, 1.82) is 0 Å². The highest BCUT2D eigenvalue weighted by Crippen LogP contribution is 2.25. The van der Waals surface area contributed by atoms with Crippen molar-refractivity contribution in [2.45, 2.75) is 38.6 Å². The minimum atomic E-state index is 0.605. The SMILES string of the molecule is CC1CCCC(Nc2ccncn2)C1. The number of aromatic nitrogens is 2. The molecule has 14 heavy (non-hydrogen) atoms. The summed E-state index contributed by atoms with van der Waals surface area (Å²) in [6.45, 7) is 2.33. The number of rotatable bonds is 2. The van der Waals surface area contributed by atoms with Crippen molar-refractivity contribution >= 4 is 5.82 Å². The summed E-state index contributed by atoms with van der Waals surface area (Å²) < 4.78 is 0. The van der Waals surface area contributed by atoms with Crippen LogP contribution in [0.4, 0.5) is 5.82 Å². The van der Waals surface area contributed by atoms with E-state index >= 15 is 0 Å². The van der Waals surface area contributed by atoms with Gasteiger partial charge in [0.05, 0.1) is 0 Å². The van der Waals surface area contributed by atoms with Crippen LogP contribution in [0.25, 0.3) is 0 Å². The topological polar surface area (TPSA) is 37.8 Å². The van der Waals surface area contributed by atoms with E-state index in [1.807, 2.05) is 6.07 Å². The minimum Gasteiger partial charge on any atom is -0.367 e. The molecule has 3 nitrogen and oxygen atoms in total. The molecule has 3 heteroatoms. The van der Waals surface area contributed by atoms with Crippen LogP contribution < -0.4 is 5.32 Å². The molecule has 0 spiro atoms. The summed E-state index contributed by atoms with van der Waals surface area (Å²) in [4.78, 5) is 8.08. The molecule has 1 N–H and O–H groups in total. The standard InChI is InChI=1S/C11H17N3/c1-9-3-2-4-10(7-9)14-11-5-6-12-8-13-11/h5-6,8-10H,2-4,7H2,1H3,(H,12,13,14). The Morgan fingerprint density at radius 1 is 1.43 bits per heavy atom. The molecule has 2 unspecified atom stereocenters. The Hall–Kier alpha value is -1.12. The predicted octanol–water partition coefficient (Wildman–Crippen LogP) is 2.47. The summed E-state index contributed by atoms with van der Waals surface area (Å²) in [5.41, 5.74) is 0. The highest BCUT2D eigenvalue weighted by atomic mass is 15.0. The molecule has 0 aromatic carbocycles. The van der Waals surface area contributed by atoms with Crippen molar-refractivity contribution in [3.8, 4) is 0 Å². The van der Waals surface area contributed by atoms with E-state index < -0.39 is 0 Å². The van der Waals surface area contributed by atoms with Gasteiger partial charge in [-0.25, -0.2) is 9.97 Å². The molecule has 1 saturated carbocycles. The fourth-order valence-corrected chi connectivity index (χ4v) is 2.15. The van der Waals surface area contributed by atoms with E-state index in [1.54, 1.807) is 12.5 Å². The second kappa shape index (κ2) is 4.40. The Labute approximate surface area is 85.0 Å². The molecule has 1 aromatic rings. The lowest BCUT2D eigenvalue weighted by Crippen LogP contribution is -2.26. The van der Waals surface area contributed by atoms with Crippen LogP contribution in [-0.4, -0.2) is 16.0 Å². The minimum absolute atomic E-state index is 0.605. The first-order valence-electron chi connectivity index (χ1n) is 5.37. The maximum Gasteiger partial charge on any atom is 0.129 e. The van der Waals surface area contributed by atoms with Crippen molar-refractivity contribution in [2.75, 3.05) is 5.32 Å². The summed E-state index contributed by atoms with van der Waals surface area (Å²) in [5, 5.41) is 3.46. The third kappa shape index (κ3) is 2.44. The average Bonchev–Trinajstić information content (AvgIpc) is 2.19. The van der Waals surface area contributed by atoms with Crippen LogP contribution >= 0.6 is 0 Å². The quantitative estimate of drug-likeness (QED) is 0.780. The molecule has 1 heterocycles. The highest BCUT2D eigenvalue weighted by Gasteiger charge is 2.18. The average molecular weight is 191 g/mol. The van der Waals surface area contributed by atoms with E-state index in [2.05, 4.69) is 22.2 Å². The zero-order chi connectivity index (χ0) is 9.80. The molecular formula is C11H17N3. The molecule has 2 atom stereocenters. The lowest BCUT2D eigenvalue weighted by molar-refractivity contribution is 0.358. The molecule has 2 rings (SSSR count). The summed E-state index contributed by atoms with van der Waals surface area (Å²) in [7, 11) is 0. The van der Waals surface area contributed by atoms with E-state index in [1.165, 1.54) is 25.7 Å². The maximum atomic E-state index is 4.18. The summed E-state index contributed by atoms with van der Waals surface area (Å²) in [6, 6.07) is 2.54. The molecule has 0 amide bonds. The summed E-state index contributed by atoms with van der Waals surface area (Å²) in [6.07, 6.45) is 8.63. The van der Waals surface area contributed by atoms with Gasteiger partial charge < -0.3 is 5.32 Å². The van der Waals surface area contributed by atoms with Crippen LogP contribution in [0.3, 0.4) is 0 Å². The Morgan fingerprint density at radius 3 is 3.07 bits per heavy atom. The number of nitrogens with zero attached hydrogens (tertiary/aromatic N) is 2. The largest absolute Gasteiger partial charge is 0.367 e. The van der Waals surface area contributed by atoms with Crippen molar-refractivity contribution < 1.29 is 0 Å². The first-order valence-corrected chi connectivity index (χ1v) is 5.37. The predicted molar refractivity (Wildman–Crippen MR) is 57.1 cm³/mol.